The largest absolute Gasteiger partial charge is 0.473 e. The molecular weight excluding hydrogens is 178 g/mol. The number of nitrogens with two attached hydrogens (primary N) is 1. The summed E-state index contributed by atoms with van der Waals surface area (Å²) in [5, 5.41) is 0. The fraction of sp³-hybridized carbons (Fsp3) is 0.600. The molecule has 0 aromatic carbocycles. The molecule has 1 unspecified atom stereocenters. The van der Waals surface area contributed by atoms with E-state index in [9.17, 15) is 0 Å². The second kappa shape index (κ2) is 4.91. The minimum Gasteiger partial charge on any atom is -0.473 e. The predicted octanol–water partition coefficient (Wildman–Crippen LogP) is 1.36. The van der Waals surface area contributed by atoms with E-state index in [0.717, 1.165) is 0 Å². The quantitative estimate of drug-likeness (QED) is 0.788. The maximum atomic E-state index is 5.64. The molecule has 0 amide bonds. The van der Waals surface area contributed by atoms with Gasteiger partial charge in [-0.05, 0) is 12.8 Å². The molecule has 0 aliphatic heterocycles. The average molecular weight is 195 g/mol. The Balaban J connectivity index is 2.75. The molecule has 0 saturated heterocycles. The topological polar surface area (TPSA) is 61.0 Å². The van der Waals surface area contributed by atoms with Crippen LogP contribution in [0.15, 0.2) is 12.4 Å². The zero-order chi connectivity index (χ0) is 10.6. The summed E-state index contributed by atoms with van der Waals surface area (Å²) in [6.45, 7) is 6.57. The van der Waals surface area contributed by atoms with Gasteiger partial charge in [0.15, 0.2) is 0 Å². The first kappa shape index (κ1) is 10.9. The van der Waals surface area contributed by atoms with Gasteiger partial charge in [-0.15, -0.1) is 0 Å². The number of hydrogen-bond acceptors (Lipinski definition) is 4. The Labute approximate surface area is 84.5 Å². The number of aromatic nitrogens is 2. The molecule has 0 saturated carbocycles. The molecule has 2 N–H and O–H groups in total. The molecule has 1 heterocycles. The standard InChI is InChI=1S/C10H17N3O/c1-7(2)8(3)14-10-9(6-11)12-4-5-13-10/h4-5,7-8H,6,11H2,1-3H3. The van der Waals surface area contributed by atoms with Gasteiger partial charge in [-0.3, -0.25) is 4.98 Å². The van der Waals surface area contributed by atoms with Gasteiger partial charge in [0.05, 0.1) is 6.10 Å². The Bertz CT molecular complexity index is 288. The van der Waals surface area contributed by atoms with E-state index < -0.39 is 0 Å². The second-order valence-electron chi connectivity index (χ2n) is 3.58. The summed E-state index contributed by atoms with van der Waals surface area (Å²) >= 11 is 0. The summed E-state index contributed by atoms with van der Waals surface area (Å²) < 4.78 is 5.64. The van der Waals surface area contributed by atoms with E-state index in [1.54, 1.807) is 12.4 Å². The number of rotatable bonds is 4. The highest BCUT2D eigenvalue weighted by Crippen LogP contribution is 2.15. The molecule has 1 aromatic rings. The van der Waals surface area contributed by atoms with Crippen molar-refractivity contribution in [2.75, 3.05) is 0 Å². The average Bonchev–Trinajstić information content (AvgIpc) is 2.18. The molecule has 0 radical (unpaired) electrons. The second-order valence-corrected chi connectivity index (χ2v) is 3.58. The lowest BCUT2D eigenvalue weighted by atomic mass is 10.1. The fourth-order valence-corrected chi connectivity index (χ4v) is 0.905. The van der Waals surface area contributed by atoms with Crippen molar-refractivity contribution in [2.45, 2.75) is 33.4 Å². The fourth-order valence-electron chi connectivity index (χ4n) is 0.905. The van der Waals surface area contributed by atoms with Crippen molar-refractivity contribution < 1.29 is 4.74 Å². The molecule has 0 fully saturated rings. The zero-order valence-electron chi connectivity index (χ0n) is 8.90. The van der Waals surface area contributed by atoms with Crippen LogP contribution in [-0.2, 0) is 6.54 Å². The maximum absolute atomic E-state index is 5.64. The highest BCUT2D eigenvalue weighted by Gasteiger charge is 2.12. The van der Waals surface area contributed by atoms with Crippen molar-refractivity contribution in [3.05, 3.63) is 18.1 Å². The summed E-state index contributed by atoms with van der Waals surface area (Å²) in [4.78, 5) is 8.20. The minimum absolute atomic E-state index is 0.122. The van der Waals surface area contributed by atoms with Crippen LogP contribution in [0.1, 0.15) is 26.5 Å². The van der Waals surface area contributed by atoms with Gasteiger partial charge in [0.25, 0.3) is 0 Å². The minimum atomic E-state index is 0.122. The van der Waals surface area contributed by atoms with Gasteiger partial charge in [-0.2, -0.15) is 0 Å². The molecule has 0 spiro atoms. The maximum Gasteiger partial charge on any atom is 0.237 e. The van der Waals surface area contributed by atoms with Crippen LogP contribution < -0.4 is 10.5 Å². The summed E-state index contributed by atoms with van der Waals surface area (Å²) in [5.74, 6) is 0.999. The van der Waals surface area contributed by atoms with Gasteiger partial charge in [-0.25, -0.2) is 4.98 Å². The van der Waals surface area contributed by atoms with Gasteiger partial charge in [0.1, 0.15) is 5.69 Å². The van der Waals surface area contributed by atoms with Crippen LogP contribution in [0.25, 0.3) is 0 Å². The third-order valence-electron chi connectivity index (χ3n) is 2.17. The molecule has 14 heavy (non-hydrogen) atoms. The van der Waals surface area contributed by atoms with Crippen LogP contribution >= 0.6 is 0 Å². The molecule has 4 nitrogen and oxygen atoms in total. The third-order valence-corrected chi connectivity index (χ3v) is 2.17. The Morgan fingerprint density at radius 3 is 2.50 bits per heavy atom. The van der Waals surface area contributed by atoms with Gasteiger partial charge in [-0.1, -0.05) is 13.8 Å². The smallest absolute Gasteiger partial charge is 0.237 e. The van der Waals surface area contributed by atoms with Gasteiger partial charge in [0, 0.05) is 18.9 Å². The van der Waals surface area contributed by atoms with Crippen molar-refractivity contribution in [2.24, 2.45) is 11.7 Å². The summed E-state index contributed by atoms with van der Waals surface area (Å²) in [6, 6.07) is 0. The molecule has 0 aliphatic rings. The summed E-state index contributed by atoms with van der Waals surface area (Å²) in [7, 11) is 0. The van der Waals surface area contributed by atoms with E-state index in [4.69, 9.17) is 10.5 Å². The number of hydrogen-bond donors (Lipinski definition) is 1. The van der Waals surface area contributed by atoms with Crippen molar-refractivity contribution in [3.63, 3.8) is 0 Å². The van der Waals surface area contributed by atoms with Crippen LogP contribution in [-0.4, -0.2) is 16.1 Å². The van der Waals surface area contributed by atoms with E-state index in [2.05, 4.69) is 23.8 Å². The van der Waals surface area contributed by atoms with E-state index in [1.807, 2.05) is 6.92 Å². The Hall–Kier alpha value is -1.16. The van der Waals surface area contributed by atoms with E-state index in [0.29, 0.717) is 24.0 Å². The highest BCUT2D eigenvalue weighted by molar-refractivity contribution is 5.17. The third kappa shape index (κ3) is 2.67. The van der Waals surface area contributed by atoms with Crippen LogP contribution in [0, 0.1) is 5.92 Å². The SMILES string of the molecule is CC(C)C(C)Oc1nccnc1CN. The van der Waals surface area contributed by atoms with Gasteiger partial charge >= 0.3 is 0 Å². The van der Waals surface area contributed by atoms with Crippen molar-refractivity contribution in [1.82, 2.24) is 9.97 Å². The summed E-state index contributed by atoms with van der Waals surface area (Å²) in [5.41, 5.74) is 6.23. The molecule has 4 heteroatoms. The van der Waals surface area contributed by atoms with Gasteiger partial charge < -0.3 is 10.5 Å². The van der Waals surface area contributed by atoms with Crippen molar-refractivity contribution in [3.8, 4) is 5.88 Å². The highest BCUT2D eigenvalue weighted by atomic mass is 16.5. The van der Waals surface area contributed by atoms with E-state index >= 15 is 0 Å². The first-order chi connectivity index (χ1) is 6.65. The Kier molecular flexibility index (Phi) is 3.83. The molecule has 1 rings (SSSR count). The number of ether oxygens (including phenoxy) is 1. The molecule has 1 aromatic heterocycles. The van der Waals surface area contributed by atoms with Gasteiger partial charge in [0.2, 0.25) is 5.88 Å². The molecule has 0 aliphatic carbocycles. The lowest BCUT2D eigenvalue weighted by Gasteiger charge is -2.18. The predicted molar refractivity (Wildman–Crippen MR) is 54.9 cm³/mol. The van der Waals surface area contributed by atoms with Crippen molar-refractivity contribution >= 4 is 0 Å². The van der Waals surface area contributed by atoms with Crippen LogP contribution in [0.5, 0.6) is 5.88 Å². The Morgan fingerprint density at radius 2 is 1.93 bits per heavy atom. The lowest BCUT2D eigenvalue weighted by molar-refractivity contribution is 0.160. The van der Waals surface area contributed by atoms with E-state index in [-0.39, 0.29) is 6.10 Å². The van der Waals surface area contributed by atoms with Crippen LogP contribution in [0.2, 0.25) is 0 Å². The number of nitrogens with zero attached hydrogens (tertiary/aromatic N) is 2. The molecule has 1 atom stereocenters. The van der Waals surface area contributed by atoms with Crippen molar-refractivity contribution in [1.29, 1.82) is 0 Å². The molecular formula is C10H17N3O. The first-order valence-corrected chi connectivity index (χ1v) is 4.81. The Morgan fingerprint density at radius 1 is 1.29 bits per heavy atom. The zero-order valence-corrected chi connectivity index (χ0v) is 8.90. The summed E-state index contributed by atoms with van der Waals surface area (Å²) in [6.07, 6.45) is 3.35. The lowest BCUT2D eigenvalue weighted by Crippen LogP contribution is -2.20. The molecule has 78 valence electrons. The van der Waals surface area contributed by atoms with Crippen LogP contribution in [0.4, 0.5) is 0 Å². The molecule has 0 bridgehead atoms. The van der Waals surface area contributed by atoms with Crippen LogP contribution in [0.3, 0.4) is 0 Å². The first-order valence-electron chi connectivity index (χ1n) is 4.81. The normalized spacial score (nSPS) is 12.9. The monoisotopic (exact) mass is 195 g/mol. The van der Waals surface area contributed by atoms with E-state index in [1.165, 1.54) is 0 Å².